The van der Waals surface area contributed by atoms with Gasteiger partial charge in [0.15, 0.2) is 0 Å². The number of aromatic amines is 1. The summed E-state index contributed by atoms with van der Waals surface area (Å²) in [7, 11) is -4.77. The van der Waals surface area contributed by atoms with Crippen molar-refractivity contribution in [2.45, 2.75) is 23.5 Å². The van der Waals surface area contributed by atoms with E-state index in [0.717, 1.165) is 12.1 Å². The molecule has 0 radical (unpaired) electrons. The zero-order valence-corrected chi connectivity index (χ0v) is 18.3. The number of fused-ring (bicyclic) bond motifs is 1. The van der Waals surface area contributed by atoms with Crippen molar-refractivity contribution in [3.05, 3.63) is 56.7 Å². The number of alkyl halides is 3. The Hall–Kier alpha value is -2.16. The van der Waals surface area contributed by atoms with E-state index >= 15 is 0 Å². The molecule has 164 valence electrons. The Morgan fingerprint density at radius 1 is 1.16 bits per heavy atom. The Morgan fingerprint density at radius 3 is 2.39 bits per heavy atom. The standard InChI is InChI=1S/C18H12Cl3F3N4O2S/c19-10-1-8(6-25)16-12(3-10)9(7-27-16)2-15(18(22,23)24)28-31(29,30)17-13(21)4-11(20)5-14(17)26/h1,3-5,7,15,27-28H,2,26H2. The minimum absolute atomic E-state index is 0.0257. The first kappa shape index (κ1) is 23.5. The predicted molar refractivity (Wildman–Crippen MR) is 113 cm³/mol. The van der Waals surface area contributed by atoms with Crippen molar-refractivity contribution in [1.29, 1.82) is 5.26 Å². The molecule has 3 rings (SSSR count). The van der Waals surface area contributed by atoms with E-state index in [1.165, 1.54) is 18.3 Å². The number of nitrogen functional groups attached to an aromatic ring is 1. The molecular formula is C18H12Cl3F3N4O2S. The molecule has 1 aromatic heterocycles. The van der Waals surface area contributed by atoms with Crippen molar-refractivity contribution in [3.8, 4) is 6.07 Å². The van der Waals surface area contributed by atoms with Crippen molar-refractivity contribution < 1.29 is 21.6 Å². The number of nitrogens with one attached hydrogen (secondary N) is 2. The smallest absolute Gasteiger partial charge is 0.398 e. The van der Waals surface area contributed by atoms with Crippen molar-refractivity contribution in [3.63, 3.8) is 0 Å². The topological polar surface area (TPSA) is 112 Å². The maximum Gasteiger partial charge on any atom is 0.405 e. The lowest BCUT2D eigenvalue weighted by atomic mass is 10.0. The predicted octanol–water partition coefficient (Wildman–Crippen LogP) is 5.03. The van der Waals surface area contributed by atoms with Crippen molar-refractivity contribution in [2.75, 3.05) is 5.73 Å². The van der Waals surface area contributed by atoms with Gasteiger partial charge in [0.2, 0.25) is 10.0 Å². The first-order chi connectivity index (χ1) is 14.3. The van der Waals surface area contributed by atoms with Crippen molar-refractivity contribution in [2.24, 2.45) is 0 Å². The third-order valence-corrected chi connectivity index (χ3v) is 6.82. The zero-order valence-electron chi connectivity index (χ0n) is 15.2. The van der Waals surface area contributed by atoms with E-state index in [-0.39, 0.29) is 32.1 Å². The van der Waals surface area contributed by atoms with Crippen LogP contribution >= 0.6 is 34.8 Å². The normalized spacial score (nSPS) is 13.3. The number of H-pyrrole nitrogens is 1. The third-order valence-electron chi connectivity index (χ3n) is 4.38. The van der Waals surface area contributed by atoms with Gasteiger partial charge in [0.05, 0.1) is 21.8 Å². The lowest BCUT2D eigenvalue weighted by Crippen LogP contribution is -2.46. The highest BCUT2D eigenvalue weighted by molar-refractivity contribution is 7.89. The molecule has 13 heteroatoms. The van der Waals surface area contributed by atoms with Gasteiger partial charge in [-0.1, -0.05) is 34.8 Å². The van der Waals surface area contributed by atoms with Crippen LogP contribution in [0.25, 0.3) is 10.9 Å². The van der Waals surface area contributed by atoms with Crippen molar-refractivity contribution in [1.82, 2.24) is 9.71 Å². The summed E-state index contributed by atoms with van der Waals surface area (Å²) in [5.41, 5.74) is 5.76. The molecule has 4 N–H and O–H groups in total. The number of nitrogens with two attached hydrogens (primary N) is 1. The van der Waals surface area contributed by atoms with E-state index in [0.29, 0.717) is 0 Å². The number of hydrogen-bond acceptors (Lipinski definition) is 4. The van der Waals surface area contributed by atoms with Crippen LogP contribution in [0.1, 0.15) is 11.1 Å². The van der Waals surface area contributed by atoms with Gasteiger partial charge in [0.1, 0.15) is 17.0 Å². The summed E-state index contributed by atoms with van der Waals surface area (Å²) in [6.45, 7) is 0. The lowest BCUT2D eigenvalue weighted by molar-refractivity contribution is -0.150. The molecule has 0 bridgehead atoms. The van der Waals surface area contributed by atoms with Crippen molar-refractivity contribution >= 4 is 61.4 Å². The molecular weight excluding hydrogens is 500 g/mol. The van der Waals surface area contributed by atoms with Gasteiger partial charge < -0.3 is 10.7 Å². The second kappa shape index (κ2) is 8.41. The SMILES string of the molecule is N#Cc1cc(Cl)cc2c(CC(NS(=O)(=O)c3c(N)cc(Cl)cc3Cl)C(F)(F)F)c[nH]c12. The van der Waals surface area contributed by atoms with Gasteiger partial charge in [0, 0.05) is 21.6 Å². The molecule has 6 nitrogen and oxygen atoms in total. The fourth-order valence-electron chi connectivity index (χ4n) is 3.06. The van der Waals surface area contributed by atoms with Crippen LogP contribution in [0.3, 0.4) is 0 Å². The molecule has 0 aliphatic carbocycles. The summed E-state index contributed by atoms with van der Waals surface area (Å²) in [5.74, 6) is 0. The quantitative estimate of drug-likeness (QED) is 0.417. The largest absolute Gasteiger partial charge is 0.405 e. The highest BCUT2D eigenvalue weighted by atomic mass is 35.5. The maximum atomic E-state index is 13.7. The van der Waals surface area contributed by atoms with E-state index in [9.17, 15) is 26.9 Å². The summed E-state index contributed by atoms with van der Waals surface area (Å²) in [6, 6.07) is 4.25. The Balaban J connectivity index is 2.03. The van der Waals surface area contributed by atoms with Gasteiger partial charge in [-0.25, -0.2) is 8.42 Å². The van der Waals surface area contributed by atoms with E-state index < -0.39 is 44.3 Å². The first-order valence-electron chi connectivity index (χ1n) is 8.36. The molecule has 0 saturated carbocycles. The number of nitriles is 1. The number of nitrogens with zero attached hydrogens (tertiary/aromatic N) is 1. The molecule has 1 unspecified atom stereocenters. The van der Waals surface area contributed by atoms with Gasteiger partial charge in [-0.3, -0.25) is 0 Å². The number of benzene rings is 2. The Bertz CT molecular complexity index is 1290. The molecule has 2 aromatic carbocycles. The number of halogens is 6. The van der Waals surface area contributed by atoms with Crippen LogP contribution in [0.5, 0.6) is 0 Å². The number of rotatable bonds is 5. The van der Waals surface area contributed by atoms with E-state index in [1.54, 1.807) is 4.72 Å². The summed E-state index contributed by atoms with van der Waals surface area (Å²) in [4.78, 5) is 2.02. The van der Waals surface area contributed by atoms with Gasteiger partial charge >= 0.3 is 6.18 Å². The Labute approximate surface area is 189 Å². The average Bonchev–Trinajstić information content (AvgIpc) is 3.01. The van der Waals surface area contributed by atoms with Crippen LogP contribution in [0.15, 0.2) is 35.4 Å². The fourth-order valence-corrected chi connectivity index (χ4v) is 5.49. The van der Waals surface area contributed by atoms with Gasteiger partial charge in [-0.15, -0.1) is 0 Å². The maximum absolute atomic E-state index is 13.7. The number of sulfonamides is 1. The fraction of sp³-hybridized carbons (Fsp3) is 0.167. The van der Waals surface area contributed by atoms with Crippen LogP contribution in [-0.2, 0) is 16.4 Å². The second-order valence-corrected chi connectivity index (χ2v) is 9.46. The number of hydrogen-bond donors (Lipinski definition) is 3. The molecule has 0 saturated heterocycles. The molecule has 0 fully saturated rings. The average molecular weight is 512 g/mol. The molecule has 1 heterocycles. The molecule has 0 amide bonds. The summed E-state index contributed by atoms with van der Waals surface area (Å²) in [5, 5.41) is 9.22. The number of anilines is 1. The molecule has 1 atom stereocenters. The minimum Gasteiger partial charge on any atom is -0.398 e. The number of aromatic nitrogens is 1. The molecule has 0 aliphatic heterocycles. The van der Waals surface area contributed by atoms with Gasteiger partial charge in [-0.05, 0) is 36.2 Å². The minimum atomic E-state index is -4.96. The Kier molecular flexibility index (Phi) is 6.37. The summed E-state index contributed by atoms with van der Waals surface area (Å²) >= 11 is 17.6. The van der Waals surface area contributed by atoms with E-state index in [4.69, 9.17) is 40.5 Å². The highest BCUT2D eigenvalue weighted by Gasteiger charge is 2.43. The molecule has 0 spiro atoms. The van der Waals surface area contributed by atoms with Crippen LogP contribution in [0.4, 0.5) is 18.9 Å². The monoisotopic (exact) mass is 510 g/mol. The summed E-state index contributed by atoms with van der Waals surface area (Å²) < 4.78 is 68.3. The highest BCUT2D eigenvalue weighted by Crippen LogP contribution is 2.34. The van der Waals surface area contributed by atoms with Crippen LogP contribution in [0.2, 0.25) is 15.1 Å². The van der Waals surface area contributed by atoms with E-state index in [2.05, 4.69) is 4.98 Å². The van der Waals surface area contributed by atoms with Crippen LogP contribution in [0, 0.1) is 11.3 Å². The van der Waals surface area contributed by atoms with Gasteiger partial charge in [-0.2, -0.15) is 23.2 Å². The molecule has 0 aliphatic rings. The van der Waals surface area contributed by atoms with Gasteiger partial charge in [0.25, 0.3) is 0 Å². The first-order valence-corrected chi connectivity index (χ1v) is 11.0. The van der Waals surface area contributed by atoms with Crippen LogP contribution < -0.4 is 10.5 Å². The lowest BCUT2D eigenvalue weighted by Gasteiger charge is -2.22. The third kappa shape index (κ3) is 4.86. The van der Waals surface area contributed by atoms with E-state index in [1.807, 2.05) is 6.07 Å². The summed E-state index contributed by atoms with van der Waals surface area (Å²) in [6.07, 6.45) is -4.47. The van der Waals surface area contributed by atoms with Crippen LogP contribution in [-0.4, -0.2) is 25.6 Å². The Morgan fingerprint density at radius 2 is 1.81 bits per heavy atom. The second-order valence-electron chi connectivity index (χ2n) is 6.53. The molecule has 31 heavy (non-hydrogen) atoms. The zero-order chi connectivity index (χ0) is 23.1. The molecule has 3 aromatic rings.